The zero-order valence-electron chi connectivity index (χ0n) is 9.86. The van der Waals surface area contributed by atoms with E-state index in [2.05, 4.69) is 5.32 Å². The van der Waals surface area contributed by atoms with Crippen molar-refractivity contribution < 1.29 is 12.8 Å². The number of benzene rings is 1. The molecule has 18 heavy (non-hydrogen) atoms. The zero-order chi connectivity index (χ0) is 13.3. The van der Waals surface area contributed by atoms with Crippen LogP contribution in [-0.2, 0) is 10.0 Å². The lowest BCUT2D eigenvalue weighted by molar-refractivity contribution is 0.284. The van der Waals surface area contributed by atoms with Gasteiger partial charge in [-0.1, -0.05) is 11.6 Å². The maximum atomic E-state index is 13.0. The van der Waals surface area contributed by atoms with Gasteiger partial charge < -0.3 is 5.32 Å². The first-order valence-corrected chi connectivity index (χ1v) is 7.42. The molecule has 1 heterocycles. The average Bonchev–Trinajstić information content (AvgIpc) is 2.28. The Kier molecular flexibility index (Phi) is 3.91. The maximum Gasteiger partial charge on any atom is 0.244 e. The standard InChI is InChI=1S/C11H14ClFN2O2S/c1-8-7-14-4-5-15(8)18(16,17)11-3-2-9(13)6-10(11)12/h2-3,6,8,14H,4-5,7H2,1H3/t8-/m0/s1. The molecule has 1 fully saturated rings. The predicted molar refractivity (Wildman–Crippen MR) is 67.6 cm³/mol. The average molecular weight is 293 g/mol. The van der Waals surface area contributed by atoms with Gasteiger partial charge in [-0.3, -0.25) is 0 Å². The largest absolute Gasteiger partial charge is 0.314 e. The highest BCUT2D eigenvalue weighted by Crippen LogP contribution is 2.26. The first kappa shape index (κ1) is 13.7. The molecule has 1 aromatic carbocycles. The Hall–Kier alpha value is -0.690. The Morgan fingerprint density at radius 2 is 2.22 bits per heavy atom. The van der Waals surface area contributed by atoms with Crippen molar-refractivity contribution in [3.05, 3.63) is 29.0 Å². The van der Waals surface area contributed by atoms with E-state index in [0.29, 0.717) is 19.6 Å². The third-order valence-corrected chi connectivity index (χ3v) is 5.42. The van der Waals surface area contributed by atoms with Crippen LogP contribution in [0.15, 0.2) is 23.1 Å². The topological polar surface area (TPSA) is 49.4 Å². The van der Waals surface area contributed by atoms with Gasteiger partial charge in [0.15, 0.2) is 0 Å². The fourth-order valence-electron chi connectivity index (χ4n) is 1.99. The highest BCUT2D eigenvalue weighted by atomic mass is 35.5. The summed E-state index contributed by atoms with van der Waals surface area (Å²) in [6.45, 7) is 3.40. The molecule has 1 aromatic rings. The summed E-state index contributed by atoms with van der Waals surface area (Å²) in [6.07, 6.45) is 0. The zero-order valence-corrected chi connectivity index (χ0v) is 11.4. The van der Waals surface area contributed by atoms with Gasteiger partial charge >= 0.3 is 0 Å². The van der Waals surface area contributed by atoms with E-state index in [-0.39, 0.29) is 16.0 Å². The lowest BCUT2D eigenvalue weighted by Gasteiger charge is -2.33. The Morgan fingerprint density at radius 3 is 2.83 bits per heavy atom. The summed E-state index contributed by atoms with van der Waals surface area (Å²) >= 11 is 5.82. The van der Waals surface area contributed by atoms with E-state index >= 15 is 0 Å². The minimum Gasteiger partial charge on any atom is -0.314 e. The summed E-state index contributed by atoms with van der Waals surface area (Å²) in [5, 5.41) is 3.03. The number of halogens is 2. The van der Waals surface area contributed by atoms with E-state index in [0.717, 1.165) is 12.1 Å². The molecule has 1 saturated heterocycles. The minimum atomic E-state index is -3.66. The highest BCUT2D eigenvalue weighted by molar-refractivity contribution is 7.89. The molecule has 0 radical (unpaired) electrons. The number of hydrogen-bond acceptors (Lipinski definition) is 3. The first-order chi connectivity index (χ1) is 8.43. The van der Waals surface area contributed by atoms with E-state index in [1.807, 2.05) is 6.92 Å². The Labute approximate surface area is 111 Å². The normalized spacial score (nSPS) is 22.1. The Morgan fingerprint density at radius 1 is 1.50 bits per heavy atom. The molecule has 0 unspecified atom stereocenters. The fourth-order valence-corrected chi connectivity index (χ4v) is 4.13. The molecule has 1 N–H and O–H groups in total. The SMILES string of the molecule is C[C@H]1CNCCN1S(=O)(=O)c1ccc(F)cc1Cl. The molecule has 1 atom stereocenters. The van der Waals surface area contributed by atoms with E-state index < -0.39 is 15.8 Å². The van der Waals surface area contributed by atoms with Crippen LogP contribution in [0.1, 0.15) is 6.92 Å². The van der Waals surface area contributed by atoms with Crippen molar-refractivity contribution in [3.63, 3.8) is 0 Å². The molecule has 0 bridgehead atoms. The van der Waals surface area contributed by atoms with Crippen molar-refractivity contribution in [2.75, 3.05) is 19.6 Å². The molecule has 0 aromatic heterocycles. The quantitative estimate of drug-likeness (QED) is 0.898. The first-order valence-electron chi connectivity index (χ1n) is 5.60. The van der Waals surface area contributed by atoms with Crippen LogP contribution in [0.25, 0.3) is 0 Å². The van der Waals surface area contributed by atoms with E-state index in [9.17, 15) is 12.8 Å². The lowest BCUT2D eigenvalue weighted by atomic mass is 10.3. The number of rotatable bonds is 2. The fraction of sp³-hybridized carbons (Fsp3) is 0.455. The second kappa shape index (κ2) is 5.13. The van der Waals surface area contributed by atoms with Crippen LogP contribution in [0.5, 0.6) is 0 Å². The number of sulfonamides is 1. The molecular weight excluding hydrogens is 279 g/mol. The lowest BCUT2D eigenvalue weighted by Crippen LogP contribution is -2.52. The van der Waals surface area contributed by atoms with Crippen molar-refractivity contribution in [3.8, 4) is 0 Å². The summed E-state index contributed by atoms with van der Waals surface area (Å²) in [7, 11) is -3.66. The number of hydrogen-bond donors (Lipinski definition) is 1. The second-order valence-corrected chi connectivity index (χ2v) is 6.51. The molecule has 2 rings (SSSR count). The Balaban J connectivity index is 2.41. The van der Waals surface area contributed by atoms with Crippen molar-refractivity contribution in [2.24, 2.45) is 0 Å². The van der Waals surface area contributed by atoms with Crippen molar-refractivity contribution >= 4 is 21.6 Å². The highest BCUT2D eigenvalue weighted by Gasteiger charge is 2.32. The molecule has 1 aliphatic heterocycles. The van der Waals surface area contributed by atoms with Crippen LogP contribution >= 0.6 is 11.6 Å². The third-order valence-electron chi connectivity index (χ3n) is 2.92. The van der Waals surface area contributed by atoms with Crippen molar-refractivity contribution in [1.82, 2.24) is 9.62 Å². The molecule has 4 nitrogen and oxygen atoms in total. The van der Waals surface area contributed by atoms with Crippen LogP contribution in [0.4, 0.5) is 4.39 Å². The third kappa shape index (κ3) is 2.51. The Bertz CT molecular complexity index is 550. The molecule has 1 aliphatic rings. The van der Waals surface area contributed by atoms with Gasteiger partial charge in [-0.25, -0.2) is 12.8 Å². The van der Waals surface area contributed by atoms with Crippen LogP contribution in [-0.4, -0.2) is 38.4 Å². The van der Waals surface area contributed by atoms with Gasteiger partial charge in [0.1, 0.15) is 10.7 Å². The summed E-state index contributed by atoms with van der Waals surface area (Å²) in [5.41, 5.74) is 0. The van der Waals surface area contributed by atoms with E-state index in [4.69, 9.17) is 11.6 Å². The molecule has 0 aliphatic carbocycles. The summed E-state index contributed by atoms with van der Waals surface area (Å²) in [4.78, 5) is -0.0423. The van der Waals surface area contributed by atoms with Gasteiger partial charge in [-0.15, -0.1) is 0 Å². The van der Waals surface area contributed by atoms with E-state index in [1.54, 1.807) is 0 Å². The predicted octanol–water partition coefficient (Wildman–Crippen LogP) is 1.46. The monoisotopic (exact) mass is 292 g/mol. The molecule has 0 saturated carbocycles. The molecule has 0 spiro atoms. The number of nitrogens with one attached hydrogen (secondary N) is 1. The molecule has 100 valence electrons. The summed E-state index contributed by atoms with van der Waals surface area (Å²) < 4.78 is 39.2. The molecule has 0 amide bonds. The van der Waals surface area contributed by atoms with Gasteiger partial charge in [-0.2, -0.15) is 4.31 Å². The van der Waals surface area contributed by atoms with Crippen LogP contribution in [0.3, 0.4) is 0 Å². The molecular formula is C11H14ClFN2O2S. The number of piperazine rings is 1. The van der Waals surface area contributed by atoms with Crippen molar-refractivity contribution in [2.45, 2.75) is 17.9 Å². The molecule has 7 heteroatoms. The summed E-state index contributed by atoms with van der Waals surface area (Å²) in [5.74, 6) is -0.549. The van der Waals surface area contributed by atoms with Crippen LogP contribution < -0.4 is 5.32 Å². The van der Waals surface area contributed by atoms with Crippen LogP contribution in [0, 0.1) is 5.82 Å². The van der Waals surface area contributed by atoms with Gasteiger partial charge in [0.2, 0.25) is 10.0 Å². The summed E-state index contributed by atoms with van der Waals surface area (Å²) in [6, 6.07) is 3.18. The van der Waals surface area contributed by atoms with Gasteiger partial charge in [0.25, 0.3) is 0 Å². The maximum absolute atomic E-state index is 13.0. The van der Waals surface area contributed by atoms with Gasteiger partial charge in [0, 0.05) is 25.7 Å². The van der Waals surface area contributed by atoms with Gasteiger partial charge in [-0.05, 0) is 25.1 Å². The van der Waals surface area contributed by atoms with Gasteiger partial charge in [0.05, 0.1) is 5.02 Å². The van der Waals surface area contributed by atoms with Crippen LogP contribution in [0.2, 0.25) is 5.02 Å². The second-order valence-electron chi connectivity index (χ2n) is 4.24. The smallest absolute Gasteiger partial charge is 0.244 e. The number of nitrogens with zero attached hydrogens (tertiary/aromatic N) is 1. The van der Waals surface area contributed by atoms with Crippen molar-refractivity contribution in [1.29, 1.82) is 0 Å². The van der Waals surface area contributed by atoms with E-state index in [1.165, 1.54) is 10.4 Å². The minimum absolute atomic E-state index is 0.0423.